The van der Waals surface area contributed by atoms with E-state index in [4.69, 9.17) is 0 Å². The quantitative estimate of drug-likeness (QED) is 0.858. The van der Waals surface area contributed by atoms with Crippen LogP contribution in [0.15, 0.2) is 30.5 Å². The van der Waals surface area contributed by atoms with Gasteiger partial charge in [0, 0.05) is 0 Å². The predicted octanol–water partition coefficient (Wildman–Crippen LogP) is 2.44. The second-order valence-electron chi connectivity index (χ2n) is 4.41. The van der Waals surface area contributed by atoms with Crippen LogP contribution in [-0.4, -0.2) is 28.6 Å². The monoisotopic (exact) mass is 284 g/mol. The van der Waals surface area contributed by atoms with Gasteiger partial charge in [0.05, 0.1) is 23.1 Å². The number of hydrogen-bond donors (Lipinski definition) is 1. The molecule has 0 amide bonds. The standard InChI is InChI=1S/C13H15F3N4/c1-17-7-3-5-11-9-20(19-18-11)12-6-2-4-10(8-12)13(14,15)16/h2,4,6,8-9,17H,3,5,7H2,1H3. The van der Waals surface area contributed by atoms with Crippen molar-refractivity contribution in [1.82, 2.24) is 20.3 Å². The van der Waals surface area contributed by atoms with Crippen LogP contribution < -0.4 is 5.32 Å². The summed E-state index contributed by atoms with van der Waals surface area (Å²) in [4.78, 5) is 0. The molecule has 1 N–H and O–H groups in total. The third-order valence-corrected chi connectivity index (χ3v) is 2.84. The number of hydrogen-bond acceptors (Lipinski definition) is 3. The lowest BCUT2D eigenvalue weighted by Gasteiger charge is -2.08. The number of halogens is 3. The van der Waals surface area contributed by atoms with E-state index in [-0.39, 0.29) is 0 Å². The van der Waals surface area contributed by atoms with Crippen LogP contribution >= 0.6 is 0 Å². The lowest BCUT2D eigenvalue weighted by atomic mass is 10.2. The predicted molar refractivity (Wildman–Crippen MR) is 68.6 cm³/mol. The lowest BCUT2D eigenvalue weighted by Crippen LogP contribution is -2.08. The highest BCUT2D eigenvalue weighted by Crippen LogP contribution is 2.30. The van der Waals surface area contributed by atoms with Gasteiger partial charge in [0.1, 0.15) is 0 Å². The molecule has 0 atom stereocenters. The van der Waals surface area contributed by atoms with E-state index < -0.39 is 11.7 Å². The first-order chi connectivity index (χ1) is 9.50. The van der Waals surface area contributed by atoms with Crippen LogP contribution in [0.4, 0.5) is 13.2 Å². The zero-order valence-corrected chi connectivity index (χ0v) is 11.0. The van der Waals surface area contributed by atoms with Crippen molar-refractivity contribution in [2.75, 3.05) is 13.6 Å². The van der Waals surface area contributed by atoms with Gasteiger partial charge in [-0.25, -0.2) is 4.68 Å². The number of benzene rings is 1. The average molecular weight is 284 g/mol. The van der Waals surface area contributed by atoms with E-state index in [9.17, 15) is 13.2 Å². The first kappa shape index (κ1) is 14.5. The van der Waals surface area contributed by atoms with E-state index in [0.29, 0.717) is 5.69 Å². The summed E-state index contributed by atoms with van der Waals surface area (Å²) in [6.07, 6.45) is -1.06. The Hall–Kier alpha value is -1.89. The fourth-order valence-electron chi connectivity index (χ4n) is 1.81. The number of nitrogens with one attached hydrogen (secondary N) is 1. The van der Waals surface area contributed by atoms with Crippen LogP contribution in [0.25, 0.3) is 5.69 Å². The molecule has 0 bridgehead atoms. The summed E-state index contributed by atoms with van der Waals surface area (Å²) in [6.45, 7) is 0.858. The molecule has 7 heteroatoms. The van der Waals surface area contributed by atoms with E-state index in [1.807, 2.05) is 7.05 Å². The molecule has 0 aliphatic rings. The zero-order chi connectivity index (χ0) is 14.6. The summed E-state index contributed by atoms with van der Waals surface area (Å²) >= 11 is 0. The highest BCUT2D eigenvalue weighted by atomic mass is 19.4. The molecule has 0 aliphatic carbocycles. The van der Waals surface area contributed by atoms with E-state index in [2.05, 4.69) is 15.6 Å². The molecule has 20 heavy (non-hydrogen) atoms. The minimum atomic E-state index is -4.35. The Bertz CT molecular complexity index is 563. The van der Waals surface area contributed by atoms with Crippen LogP contribution in [0.1, 0.15) is 17.7 Å². The number of aromatic nitrogens is 3. The molecular weight excluding hydrogens is 269 g/mol. The van der Waals surface area contributed by atoms with Gasteiger partial charge in [0.2, 0.25) is 0 Å². The van der Waals surface area contributed by atoms with Gasteiger partial charge in [-0.2, -0.15) is 13.2 Å². The Balaban J connectivity index is 2.16. The Morgan fingerprint density at radius 3 is 2.80 bits per heavy atom. The smallest absolute Gasteiger partial charge is 0.320 e. The van der Waals surface area contributed by atoms with Crippen molar-refractivity contribution in [2.45, 2.75) is 19.0 Å². The summed E-state index contributed by atoms with van der Waals surface area (Å²) < 4.78 is 39.3. The van der Waals surface area contributed by atoms with Crippen LogP contribution in [0.2, 0.25) is 0 Å². The van der Waals surface area contributed by atoms with Crippen molar-refractivity contribution in [3.63, 3.8) is 0 Å². The highest BCUT2D eigenvalue weighted by Gasteiger charge is 2.30. The SMILES string of the molecule is CNCCCc1cn(-c2cccc(C(F)(F)F)c2)nn1. The number of nitrogens with zero attached hydrogens (tertiary/aromatic N) is 3. The summed E-state index contributed by atoms with van der Waals surface area (Å²) in [7, 11) is 1.86. The lowest BCUT2D eigenvalue weighted by molar-refractivity contribution is -0.137. The molecule has 2 rings (SSSR count). The first-order valence-electron chi connectivity index (χ1n) is 6.24. The number of aryl methyl sites for hydroxylation is 1. The molecule has 0 aliphatic heterocycles. The maximum absolute atomic E-state index is 12.6. The Kier molecular flexibility index (Phi) is 4.39. The molecule has 4 nitrogen and oxygen atoms in total. The van der Waals surface area contributed by atoms with E-state index in [0.717, 1.165) is 37.2 Å². The first-order valence-corrected chi connectivity index (χ1v) is 6.24. The molecule has 0 saturated carbocycles. The molecule has 1 aromatic heterocycles. The Labute approximate surface area is 114 Å². The van der Waals surface area contributed by atoms with Crippen molar-refractivity contribution < 1.29 is 13.2 Å². The Morgan fingerprint density at radius 1 is 1.30 bits per heavy atom. The molecule has 0 unspecified atom stereocenters. The summed E-state index contributed by atoms with van der Waals surface area (Å²) in [5.41, 5.74) is 0.423. The largest absolute Gasteiger partial charge is 0.416 e. The van der Waals surface area contributed by atoms with Gasteiger partial charge in [0.15, 0.2) is 0 Å². The normalized spacial score (nSPS) is 11.8. The van der Waals surface area contributed by atoms with E-state index in [1.54, 1.807) is 12.3 Å². The molecule has 1 heterocycles. The Morgan fingerprint density at radius 2 is 2.10 bits per heavy atom. The molecule has 0 spiro atoms. The molecule has 1 aromatic carbocycles. The van der Waals surface area contributed by atoms with Gasteiger partial charge in [-0.3, -0.25) is 0 Å². The summed E-state index contributed by atoms with van der Waals surface area (Å²) in [5, 5.41) is 10.8. The average Bonchev–Trinajstić information content (AvgIpc) is 2.87. The maximum atomic E-state index is 12.6. The summed E-state index contributed by atoms with van der Waals surface area (Å²) in [5.74, 6) is 0. The van der Waals surface area contributed by atoms with E-state index >= 15 is 0 Å². The second kappa shape index (κ2) is 6.04. The van der Waals surface area contributed by atoms with Crippen LogP contribution in [0, 0.1) is 0 Å². The third kappa shape index (κ3) is 3.57. The van der Waals surface area contributed by atoms with Gasteiger partial charge >= 0.3 is 6.18 Å². The van der Waals surface area contributed by atoms with Gasteiger partial charge in [-0.05, 0) is 44.6 Å². The van der Waals surface area contributed by atoms with Crippen molar-refractivity contribution in [1.29, 1.82) is 0 Å². The van der Waals surface area contributed by atoms with Gasteiger partial charge in [-0.15, -0.1) is 5.10 Å². The minimum Gasteiger partial charge on any atom is -0.320 e. The fourth-order valence-corrected chi connectivity index (χ4v) is 1.81. The third-order valence-electron chi connectivity index (χ3n) is 2.84. The second-order valence-corrected chi connectivity index (χ2v) is 4.41. The van der Waals surface area contributed by atoms with Crippen molar-refractivity contribution in [3.05, 3.63) is 41.7 Å². The molecule has 0 saturated heterocycles. The molecule has 2 aromatic rings. The highest BCUT2D eigenvalue weighted by molar-refractivity contribution is 5.36. The van der Waals surface area contributed by atoms with Gasteiger partial charge in [-0.1, -0.05) is 11.3 Å². The van der Waals surface area contributed by atoms with Crippen LogP contribution in [0.3, 0.4) is 0 Å². The number of alkyl halides is 3. The molecular formula is C13H15F3N4. The topological polar surface area (TPSA) is 42.7 Å². The van der Waals surface area contributed by atoms with Crippen LogP contribution in [-0.2, 0) is 12.6 Å². The minimum absolute atomic E-state index is 0.354. The van der Waals surface area contributed by atoms with Crippen molar-refractivity contribution in [3.8, 4) is 5.69 Å². The van der Waals surface area contributed by atoms with Gasteiger partial charge in [0.25, 0.3) is 0 Å². The summed E-state index contributed by atoms with van der Waals surface area (Å²) in [6, 6.07) is 5.03. The zero-order valence-electron chi connectivity index (χ0n) is 11.0. The van der Waals surface area contributed by atoms with Crippen molar-refractivity contribution >= 4 is 0 Å². The maximum Gasteiger partial charge on any atom is 0.416 e. The molecule has 0 radical (unpaired) electrons. The molecule has 0 fully saturated rings. The van der Waals surface area contributed by atoms with E-state index in [1.165, 1.54) is 10.7 Å². The van der Waals surface area contributed by atoms with Gasteiger partial charge < -0.3 is 5.32 Å². The fraction of sp³-hybridized carbons (Fsp3) is 0.385. The molecule has 108 valence electrons. The van der Waals surface area contributed by atoms with Crippen LogP contribution in [0.5, 0.6) is 0 Å². The number of rotatable bonds is 5. The van der Waals surface area contributed by atoms with Crippen molar-refractivity contribution in [2.24, 2.45) is 0 Å².